The van der Waals surface area contributed by atoms with Crippen LogP contribution in [0.5, 0.6) is 5.75 Å². The molecule has 7 heteroatoms. The van der Waals surface area contributed by atoms with Gasteiger partial charge in [0, 0.05) is 13.0 Å². The van der Waals surface area contributed by atoms with Crippen LogP contribution in [-0.4, -0.2) is 31.1 Å². The topological polar surface area (TPSA) is 52.6 Å². The number of hydrogen-bond acceptors (Lipinski definition) is 4. The van der Waals surface area contributed by atoms with E-state index in [0.717, 1.165) is 6.07 Å². The number of Topliss-reactive ketones (excluding diaryl/α,β-unsaturated/α-hetero) is 1. The van der Waals surface area contributed by atoms with Crippen LogP contribution in [0.3, 0.4) is 0 Å². The quantitative estimate of drug-likeness (QED) is 0.584. The molecule has 0 aliphatic rings. The summed E-state index contributed by atoms with van der Waals surface area (Å²) < 4.78 is 36.2. The van der Waals surface area contributed by atoms with Crippen molar-refractivity contribution in [1.82, 2.24) is 0 Å². The Morgan fingerprint density at radius 2 is 2.00 bits per heavy atom. The van der Waals surface area contributed by atoms with Crippen molar-refractivity contribution in [2.24, 2.45) is 0 Å². The first-order valence-electron chi connectivity index (χ1n) is 5.71. The summed E-state index contributed by atoms with van der Waals surface area (Å²) in [6.45, 7) is 1.20. The first-order chi connectivity index (χ1) is 9.35. The molecule has 0 aromatic heterocycles. The zero-order valence-corrected chi connectivity index (χ0v) is 12.5. The van der Waals surface area contributed by atoms with Crippen molar-refractivity contribution in [2.75, 3.05) is 13.3 Å². The maximum absolute atomic E-state index is 13.5. The third-order valence-electron chi connectivity index (χ3n) is 2.34. The van der Waals surface area contributed by atoms with E-state index in [1.165, 1.54) is 19.9 Å². The van der Waals surface area contributed by atoms with Gasteiger partial charge in [-0.2, -0.15) is 0 Å². The first kappa shape index (κ1) is 16.6. The molecule has 0 bridgehead atoms. The summed E-state index contributed by atoms with van der Waals surface area (Å²) in [6.07, 6.45) is -1.10. The Morgan fingerprint density at radius 3 is 2.50 bits per heavy atom. The lowest BCUT2D eigenvalue weighted by Crippen LogP contribution is -2.27. The molecule has 0 aliphatic heterocycles. The fraction of sp³-hybridized carbons (Fsp3) is 0.385. The molecule has 0 aliphatic carbocycles. The van der Waals surface area contributed by atoms with Gasteiger partial charge in [-0.05, 0) is 28.9 Å². The summed E-state index contributed by atoms with van der Waals surface area (Å²) in [5, 5.41) is 0. The average molecular weight is 351 g/mol. The lowest BCUT2D eigenvalue weighted by atomic mass is 10.1. The minimum absolute atomic E-state index is 0.0898. The summed E-state index contributed by atoms with van der Waals surface area (Å²) in [6, 6.07) is 2.24. The maximum Gasteiger partial charge on any atom is 0.302 e. The highest BCUT2D eigenvalue weighted by Crippen LogP contribution is 2.27. The van der Waals surface area contributed by atoms with Gasteiger partial charge in [-0.3, -0.25) is 9.59 Å². The van der Waals surface area contributed by atoms with Crippen molar-refractivity contribution in [3.05, 3.63) is 28.0 Å². The van der Waals surface area contributed by atoms with Crippen molar-refractivity contribution < 1.29 is 27.8 Å². The van der Waals surface area contributed by atoms with Crippen LogP contribution in [0, 0.1) is 5.82 Å². The minimum Gasteiger partial charge on any atom is -0.483 e. The molecule has 4 nitrogen and oxygen atoms in total. The number of benzene rings is 1. The van der Waals surface area contributed by atoms with Crippen LogP contribution in [-0.2, 0) is 9.53 Å². The van der Waals surface area contributed by atoms with E-state index in [9.17, 15) is 18.4 Å². The molecule has 1 atom stereocenters. The summed E-state index contributed by atoms with van der Waals surface area (Å²) >= 11 is 2.96. The van der Waals surface area contributed by atoms with Gasteiger partial charge in [-0.15, -0.1) is 0 Å². The number of carbonyl (C=O) groups is 2. The van der Waals surface area contributed by atoms with E-state index in [1.54, 1.807) is 0 Å². The highest BCUT2D eigenvalue weighted by Gasteiger charge is 2.18. The van der Waals surface area contributed by atoms with Crippen molar-refractivity contribution in [2.45, 2.75) is 20.0 Å². The molecule has 0 saturated heterocycles. The standard InChI is InChI=1S/C13H13BrF2O4/c1-7(17)10-3-11(14)12(16)4-13(10)20-9(5-15)6-19-8(2)18/h3-4,9H,5-6H2,1-2H3/t9-/m0/s1. The summed E-state index contributed by atoms with van der Waals surface area (Å²) in [5.74, 6) is -1.67. The fourth-order valence-electron chi connectivity index (χ4n) is 1.40. The molecule has 0 saturated carbocycles. The summed E-state index contributed by atoms with van der Waals surface area (Å²) in [5.41, 5.74) is 0.111. The summed E-state index contributed by atoms with van der Waals surface area (Å²) in [4.78, 5) is 22.1. The van der Waals surface area contributed by atoms with Crippen LogP contribution in [0.2, 0.25) is 0 Å². The molecular formula is C13H13BrF2O4. The van der Waals surface area contributed by atoms with E-state index in [0.29, 0.717) is 0 Å². The van der Waals surface area contributed by atoms with E-state index in [4.69, 9.17) is 4.74 Å². The Labute approximate surface area is 123 Å². The normalized spacial score (nSPS) is 11.8. The molecule has 0 spiro atoms. The van der Waals surface area contributed by atoms with E-state index in [2.05, 4.69) is 20.7 Å². The molecule has 1 aromatic rings. The van der Waals surface area contributed by atoms with Crippen LogP contribution < -0.4 is 4.74 Å². The minimum atomic E-state index is -1.10. The monoisotopic (exact) mass is 350 g/mol. The SMILES string of the molecule is CC(=O)OC[C@H](CF)Oc1cc(F)c(Br)cc1C(C)=O. The van der Waals surface area contributed by atoms with Gasteiger partial charge in [0.2, 0.25) is 0 Å². The fourth-order valence-corrected chi connectivity index (χ4v) is 1.74. The van der Waals surface area contributed by atoms with Crippen molar-refractivity contribution >= 4 is 27.7 Å². The van der Waals surface area contributed by atoms with E-state index < -0.39 is 24.6 Å². The zero-order valence-electron chi connectivity index (χ0n) is 10.9. The number of ether oxygens (including phenoxy) is 2. The second kappa shape index (κ2) is 7.33. The summed E-state index contributed by atoms with van der Waals surface area (Å²) in [7, 11) is 0. The molecule has 0 unspecified atom stereocenters. The van der Waals surface area contributed by atoms with Crippen LogP contribution >= 0.6 is 15.9 Å². The number of ketones is 1. The molecular weight excluding hydrogens is 338 g/mol. The van der Waals surface area contributed by atoms with Gasteiger partial charge in [-0.25, -0.2) is 8.78 Å². The number of esters is 1. The molecule has 1 rings (SSSR count). The molecule has 110 valence electrons. The maximum atomic E-state index is 13.5. The van der Waals surface area contributed by atoms with Crippen LogP contribution in [0.25, 0.3) is 0 Å². The highest BCUT2D eigenvalue weighted by molar-refractivity contribution is 9.10. The Bertz CT molecular complexity index is 519. The Balaban J connectivity index is 2.96. The molecule has 0 N–H and O–H groups in total. The number of halogens is 3. The number of carbonyl (C=O) groups excluding carboxylic acids is 2. The number of alkyl halides is 1. The molecule has 0 heterocycles. The van der Waals surface area contributed by atoms with Crippen molar-refractivity contribution in [3.8, 4) is 5.75 Å². The number of hydrogen-bond donors (Lipinski definition) is 0. The van der Waals surface area contributed by atoms with Gasteiger partial charge in [-0.1, -0.05) is 0 Å². The van der Waals surface area contributed by atoms with Gasteiger partial charge < -0.3 is 9.47 Å². The molecule has 0 radical (unpaired) electrons. The molecule has 0 amide bonds. The Morgan fingerprint density at radius 1 is 1.35 bits per heavy atom. The van der Waals surface area contributed by atoms with E-state index in [1.807, 2.05) is 0 Å². The largest absolute Gasteiger partial charge is 0.483 e. The predicted molar refractivity (Wildman–Crippen MR) is 71.1 cm³/mol. The third kappa shape index (κ3) is 4.56. The van der Waals surface area contributed by atoms with Gasteiger partial charge in [0.05, 0.1) is 10.0 Å². The van der Waals surface area contributed by atoms with Crippen molar-refractivity contribution in [1.29, 1.82) is 0 Å². The lowest BCUT2D eigenvalue weighted by Gasteiger charge is -2.18. The highest BCUT2D eigenvalue weighted by atomic mass is 79.9. The van der Waals surface area contributed by atoms with Gasteiger partial charge >= 0.3 is 5.97 Å². The van der Waals surface area contributed by atoms with Crippen LogP contribution in [0.15, 0.2) is 16.6 Å². The van der Waals surface area contributed by atoms with Gasteiger partial charge in [0.1, 0.15) is 24.8 Å². The van der Waals surface area contributed by atoms with Crippen LogP contribution in [0.1, 0.15) is 24.2 Å². The Hall–Kier alpha value is -1.50. The number of rotatable bonds is 6. The van der Waals surface area contributed by atoms with Crippen molar-refractivity contribution in [3.63, 3.8) is 0 Å². The first-order valence-corrected chi connectivity index (χ1v) is 6.50. The predicted octanol–water partition coefficient (Wildman–Crippen LogP) is 3.07. The molecule has 1 aromatic carbocycles. The second-order valence-corrected chi connectivity index (χ2v) is 4.87. The molecule has 0 fully saturated rings. The smallest absolute Gasteiger partial charge is 0.302 e. The van der Waals surface area contributed by atoms with Gasteiger partial charge in [0.15, 0.2) is 11.9 Å². The lowest BCUT2D eigenvalue weighted by molar-refractivity contribution is -0.143. The third-order valence-corrected chi connectivity index (χ3v) is 2.95. The van der Waals surface area contributed by atoms with E-state index in [-0.39, 0.29) is 28.2 Å². The van der Waals surface area contributed by atoms with Gasteiger partial charge in [0.25, 0.3) is 0 Å². The zero-order chi connectivity index (χ0) is 15.3. The van der Waals surface area contributed by atoms with E-state index >= 15 is 0 Å². The Kier molecular flexibility index (Phi) is 6.06. The molecule has 20 heavy (non-hydrogen) atoms. The average Bonchev–Trinajstić information content (AvgIpc) is 2.37. The second-order valence-electron chi connectivity index (χ2n) is 4.02. The van der Waals surface area contributed by atoms with Crippen LogP contribution in [0.4, 0.5) is 8.78 Å².